The van der Waals surface area contributed by atoms with Crippen molar-refractivity contribution >= 4 is 5.97 Å². The predicted octanol–water partition coefficient (Wildman–Crippen LogP) is 3.16. The first kappa shape index (κ1) is 12.4. The van der Waals surface area contributed by atoms with E-state index in [1.54, 1.807) is 0 Å². The van der Waals surface area contributed by atoms with Gasteiger partial charge in [-0.1, -0.05) is 31.1 Å². The first-order chi connectivity index (χ1) is 8.65. The van der Waals surface area contributed by atoms with E-state index in [2.05, 4.69) is 31.1 Å². The van der Waals surface area contributed by atoms with Crippen LogP contribution in [0.3, 0.4) is 0 Å². The predicted molar refractivity (Wildman–Crippen MR) is 67.7 cm³/mol. The molecule has 1 aromatic heterocycles. The zero-order valence-corrected chi connectivity index (χ0v) is 10.4. The van der Waals surface area contributed by atoms with Gasteiger partial charge in [-0.2, -0.15) is 0 Å². The Labute approximate surface area is 105 Å². The van der Waals surface area contributed by atoms with Crippen LogP contribution < -0.4 is 0 Å². The third-order valence-electron chi connectivity index (χ3n) is 2.96. The molecule has 0 spiro atoms. The molecule has 18 heavy (non-hydrogen) atoms. The van der Waals surface area contributed by atoms with Gasteiger partial charge in [0.25, 0.3) is 0 Å². The molecule has 0 saturated carbocycles. The molecule has 4 heteroatoms. The molecule has 0 radical (unpaired) electrons. The summed E-state index contributed by atoms with van der Waals surface area (Å²) < 4.78 is 4.80. The fourth-order valence-corrected chi connectivity index (χ4v) is 1.89. The SMILES string of the molecule is CCc1ccc(CC)c(-c2cc(C(=O)O)on2)c1. The van der Waals surface area contributed by atoms with Gasteiger partial charge in [-0.05, 0) is 30.0 Å². The number of aryl methyl sites for hydroxylation is 2. The zero-order valence-electron chi connectivity index (χ0n) is 10.4. The largest absolute Gasteiger partial charge is 0.475 e. The lowest BCUT2D eigenvalue weighted by Gasteiger charge is -2.06. The lowest BCUT2D eigenvalue weighted by molar-refractivity contribution is 0.0652. The number of hydrogen-bond acceptors (Lipinski definition) is 3. The van der Waals surface area contributed by atoms with Crippen LogP contribution in [0.1, 0.15) is 35.5 Å². The van der Waals surface area contributed by atoms with Crippen LogP contribution in [0.15, 0.2) is 28.8 Å². The fraction of sp³-hybridized carbons (Fsp3) is 0.286. The molecule has 2 aromatic rings. The lowest BCUT2D eigenvalue weighted by atomic mass is 9.98. The van der Waals surface area contributed by atoms with Crippen LogP contribution in [0, 0.1) is 0 Å². The quantitative estimate of drug-likeness (QED) is 0.898. The van der Waals surface area contributed by atoms with E-state index >= 15 is 0 Å². The van der Waals surface area contributed by atoms with Gasteiger partial charge in [0.2, 0.25) is 5.76 Å². The second-order valence-corrected chi connectivity index (χ2v) is 4.08. The standard InChI is InChI=1S/C14H15NO3/c1-3-9-5-6-10(4-2)11(7-9)12-8-13(14(16)17)18-15-12/h5-8H,3-4H2,1-2H3,(H,16,17). The summed E-state index contributed by atoms with van der Waals surface area (Å²) in [6, 6.07) is 7.66. The van der Waals surface area contributed by atoms with Gasteiger partial charge in [0.15, 0.2) is 0 Å². The number of carboxylic acids is 1. The van der Waals surface area contributed by atoms with Crippen molar-refractivity contribution in [3.8, 4) is 11.3 Å². The summed E-state index contributed by atoms with van der Waals surface area (Å²) in [5, 5.41) is 12.7. The number of hydrogen-bond donors (Lipinski definition) is 1. The topological polar surface area (TPSA) is 63.3 Å². The van der Waals surface area contributed by atoms with Crippen molar-refractivity contribution in [2.75, 3.05) is 0 Å². The molecular weight excluding hydrogens is 230 g/mol. The number of nitrogens with zero attached hydrogens (tertiary/aromatic N) is 1. The van der Waals surface area contributed by atoms with E-state index in [-0.39, 0.29) is 5.76 Å². The molecule has 1 heterocycles. The van der Waals surface area contributed by atoms with Gasteiger partial charge in [0, 0.05) is 11.6 Å². The van der Waals surface area contributed by atoms with Crippen molar-refractivity contribution in [3.63, 3.8) is 0 Å². The van der Waals surface area contributed by atoms with E-state index in [1.807, 2.05) is 6.07 Å². The molecule has 0 aliphatic rings. The fourth-order valence-electron chi connectivity index (χ4n) is 1.89. The Kier molecular flexibility index (Phi) is 3.46. The normalized spacial score (nSPS) is 10.6. The van der Waals surface area contributed by atoms with E-state index in [1.165, 1.54) is 11.6 Å². The van der Waals surface area contributed by atoms with Crippen LogP contribution in [-0.2, 0) is 12.8 Å². The number of rotatable bonds is 4. The highest BCUT2D eigenvalue weighted by atomic mass is 16.5. The van der Waals surface area contributed by atoms with E-state index in [9.17, 15) is 4.79 Å². The molecule has 94 valence electrons. The monoisotopic (exact) mass is 245 g/mol. The van der Waals surface area contributed by atoms with Crippen LogP contribution >= 0.6 is 0 Å². The molecule has 0 aliphatic heterocycles. The Morgan fingerprint density at radius 1 is 1.28 bits per heavy atom. The summed E-state index contributed by atoms with van der Waals surface area (Å²) in [4.78, 5) is 10.8. The highest BCUT2D eigenvalue weighted by molar-refractivity contribution is 5.85. The lowest BCUT2D eigenvalue weighted by Crippen LogP contribution is -1.92. The highest BCUT2D eigenvalue weighted by Gasteiger charge is 2.14. The Balaban J connectivity index is 2.50. The number of carboxylic acid groups (broad SMARTS) is 1. The average molecular weight is 245 g/mol. The molecular formula is C14H15NO3. The maximum atomic E-state index is 10.8. The number of aromatic nitrogens is 1. The van der Waals surface area contributed by atoms with Crippen molar-refractivity contribution < 1.29 is 14.4 Å². The highest BCUT2D eigenvalue weighted by Crippen LogP contribution is 2.25. The van der Waals surface area contributed by atoms with E-state index in [0.29, 0.717) is 5.69 Å². The minimum atomic E-state index is -1.10. The summed E-state index contributed by atoms with van der Waals surface area (Å²) in [5.74, 6) is -1.23. The van der Waals surface area contributed by atoms with Crippen LogP contribution in [0.25, 0.3) is 11.3 Å². The third kappa shape index (κ3) is 2.27. The molecule has 0 aliphatic carbocycles. The average Bonchev–Trinajstić information content (AvgIpc) is 2.87. The Morgan fingerprint density at radius 3 is 2.61 bits per heavy atom. The molecule has 0 fully saturated rings. The second kappa shape index (κ2) is 5.04. The number of carbonyl (C=O) groups is 1. The van der Waals surface area contributed by atoms with E-state index in [0.717, 1.165) is 24.0 Å². The minimum Gasteiger partial charge on any atom is -0.475 e. The molecule has 0 saturated heterocycles. The number of aromatic carboxylic acids is 1. The molecule has 0 bridgehead atoms. The Hall–Kier alpha value is -2.10. The van der Waals surface area contributed by atoms with Crippen LogP contribution in [0.2, 0.25) is 0 Å². The maximum absolute atomic E-state index is 10.8. The molecule has 0 amide bonds. The molecule has 4 nitrogen and oxygen atoms in total. The first-order valence-electron chi connectivity index (χ1n) is 5.97. The number of benzene rings is 1. The molecule has 2 rings (SSSR count). The first-order valence-corrected chi connectivity index (χ1v) is 5.97. The van der Waals surface area contributed by atoms with Crippen molar-refractivity contribution in [2.45, 2.75) is 26.7 Å². The molecule has 1 N–H and O–H groups in total. The maximum Gasteiger partial charge on any atom is 0.374 e. The van der Waals surface area contributed by atoms with E-state index < -0.39 is 5.97 Å². The molecule has 0 unspecified atom stereocenters. The van der Waals surface area contributed by atoms with Crippen LogP contribution in [0.5, 0.6) is 0 Å². The summed E-state index contributed by atoms with van der Waals surface area (Å²) in [5.41, 5.74) is 3.87. The van der Waals surface area contributed by atoms with Crippen LogP contribution in [0.4, 0.5) is 0 Å². The summed E-state index contributed by atoms with van der Waals surface area (Å²) in [6.45, 7) is 4.14. The molecule has 1 aromatic carbocycles. The van der Waals surface area contributed by atoms with Gasteiger partial charge in [-0.15, -0.1) is 0 Å². The summed E-state index contributed by atoms with van der Waals surface area (Å²) in [6.07, 6.45) is 1.80. The van der Waals surface area contributed by atoms with Gasteiger partial charge in [0.1, 0.15) is 5.69 Å². The van der Waals surface area contributed by atoms with Gasteiger partial charge < -0.3 is 9.63 Å². The van der Waals surface area contributed by atoms with Gasteiger partial charge in [-0.25, -0.2) is 4.79 Å². The van der Waals surface area contributed by atoms with Crippen molar-refractivity contribution in [2.24, 2.45) is 0 Å². The molecule has 0 atom stereocenters. The smallest absolute Gasteiger partial charge is 0.374 e. The summed E-state index contributed by atoms with van der Waals surface area (Å²) >= 11 is 0. The zero-order chi connectivity index (χ0) is 13.1. The summed E-state index contributed by atoms with van der Waals surface area (Å²) in [7, 11) is 0. The van der Waals surface area contributed by atoms with Gasteiger partial charge >= 0.3 is 5.97 Å². The van der Waals surface area contributed by atoms with Gasteiger partial charge in [-0.3, -0.25) is 0 Å². The van der Waals surface area contributed by atoms with Crippen LogP contribution in [-0.4, -0.2) is 16.2 Å². The van der Waals surface area contributed by atoms with Crippen molar-refractivity contribution in [1.82, 2.24) is 5.16 Å². The third-order valence-corrected chi connectivity index (χ3v) is 2.96. The second-order valence-electron chi connectivity index (χ2n) is 4.08. The Morgan fingerprint density at radius 2 is 2.06 bits per heavy atom. The van der Waals surface area contributed by atoms with Crippen molar-refractivity contribution in [1.29, 1.82) is 0 Å². The van der Waals surface area contributed by atoms with Crippen molar-refractivity contribution in [3.05, 3.63) is 41.2 Å². The van der Waals surface area contributed by atoms with E-state index in [4.69, 9.17) is 9.63 Å². The van der Waals surface area contributed by atoms with Gasteiger partial charge in [0.05, 0.1) is 0 Å². The Bertz CT molecular complexity index is 572. The minimum absolute atomic E-state index is 0.131.